The van der Waals surface area contributed by atoms with Gasteiger partial charge in [-0.1, -0.05) is 0 Å². The Balaban J connectivity index is 2.54. The highest BCUT2D eigenvalue weighted by Crippen LogP contribution is 2.15. The Bertz CT molecular complexity index is 645. The molecular weight excluding hydrogens is 234 g/mol. The highest BCUT2D eigenvalue weighted by molar-refractivity contribution is 5.75. The van der Waals surface area contributed by atoms with Gasteiger partial charge in [-0.3, -0.25) is 9.36 Å². The average molecular weight is 242 g/mol. The van der Waals surface area contributed by atoms with Crippen LogP contribution in [0.3, 0.4) is 0 Å². The van der Waals surface area contributed by atoms with E-state index in [1.54, 1.807) is 0 Å². The number of aryl methyl sites for hydroxylation is 1. The average Bonchev–Trinajstić information content (AvgIpc) is 2.52. The fraction of sp³-hybridized carbons (Fsp3) is 0.200. The van der Waals surface area contributed by atoms with E-state index in [-0.39, 0.29) is 24.0 Å². The van der Waals surface area contributed by atoms with E-state index in [1.807, 2.05) is 0 Å². The van der Waals surface area contributed by atoms with E-state index in [9.17, 15) is 18.4 Å². The number of carboxylic acid groups (broad SMARTS) is 1. The van der Waals surface area contributed by atoms with Crippen molar-refractivity contribution in [2.24, 2.45) is 0 Å². The fourth-order valence-electron chi connectivity index (χ4n) is 1.58. The van der Waals surface area contributed by atoms with Crippen molar-refractivity contribution in [3.8, 4) is 0 Å². The van der Waals surface area contributed by atoms with Crippen LogP contribution >= 0.6 is 0 Å². The summed E-state index contributed by atoms with van der Waals surface area (Å²) >= 11 is 0. The summed E-state index contributed by atoms with van der Waals surface area (Å²) in [5.74, 6) is -3.22. The topological polar surface area (TPSA) is 75.1 Å². The van der Waals surface area contributed by atoms with E-state index in [4.69, 9.17) is 5.11 Å². The largest absolute Gasteiger partial charge is 0.481 e. The molecule has 7 heteroatoms. The van der Waals surface area contributed by atoms with Gasteiger partial charge >= 0.3 is 11.7 Å². The van der Waals surface area contributed by atoms with Crippen LogP contribution < -0.4 is 5.69 Å². The Kier molecular flexibility index (Phi) is 2.66. The zero-order chi connectivity index (χ0) is 12.6. The summed E-state index contributed by atoms with van der Waals surface area (Å²) in [6.45, 7) is -0.0980. The van der Waals surface area contributed by atoms with Gasteiger partial charge in [-0.05, 0) is 0 Å². The number of imidazole rings is 1. The summed E-state index contributed by atoms with van der Waals surface area (Å²) in [6, 6.07) is 1.73. The number of fused-ring (bicyclic) bond motifs is 1. The number of benzene rings is 1. The predicted molar refractivity (Wildman–Crippen MR) is 54.7 cm³/mol. The van der Waals surface area contributed by atoms with Gasteiger partial charge in [-0.2, -0.15) is 0 Å². The van der Waals surface area contributed by atoms with Crippen LogP contribution in [0, 0.1) is 11.6 Å². The Hall–Kier alpha value is -2.18. The molecule has 1 aromatic heterocycles. The minimum absolute atomic E-state index is 0.0980. The lowest BCUT2D eigenvalue weighted by Gasteiger charge is -2.00. The van der Waals surface area contributed by atoms with Crippen molar-refractivity contribution in [3.05, 3.63) is 34.3 Å². The van der Waals surface area contributed by atoms with Crippen molar-refractivity contribution < 1.29 is 18.7 Å². The first kappa shape index (κ1) is 11.3. The number of rotatable bonds is 3. The molecule has 0 aliphatic rings. The second kappa shape index (κ2) is 4.00. The molecule has 17 heavy (non-hydrogen) atoms. The predicted octanol–water partition coefficient (Wildman–Crippen LogP) is 1.08. The van der Waals surface area contributed by atoms with Crippen LogP contribution in [0.2, 0.25) is 0 Å². The first-order valence-corrected chi connectivity index (χ1v) is 4.78. The molecule has 5 nitrogen and oxygen atoms in total. The maximum atomic E-state index is 13.0. The maximum absolute atomic E-state index is 13.0. The summed E-state index contributed by atoms with van der Waals surface area (Å²) in [6.07, 6.45) is -0.272. The van der Waals surface area contributed by atoms with Crippen LogP contribution in [0.4, 0.5) is 8.78 Å². The van der Waals surface area contributed by atoms with Crippen molar-refractivity contribution in [1.82, 2.24) is 9.55 Å². The molecule has 0 atom stereocenters. The number of carboxylic acids is 1. The van der Waals surface area contributed by atoms with Gasteiger partial charge in [0.05, 0.1) is 17.5 Å². The highest BCUT2D eigenvalue weighted by atomic mass is 19.2. The molecule has 1 aromatic carbocycles. The molecule has 0 aliphatic heterocycles. The molecule has 0 aliphatic carbocycles. The second-order valence-corrected chi connectivity index (χ2v) is 3.51. The Morgan fingerprint density at radius 1 is 1.35 bits per heavy atom. The number of hydrogen-bond donors (Lipinski definition) is 2. The van der Waals surface area contributed by atoms with Gasteiger partial charge in [0.25, 0.3) is 0 Å². The lowest BCUT2D eigenvalue weighted by atomic mass is 10.3. The van der Waals surface area contributed by atoms with E-state index >= 15 is 0 Å². The first-order chi connectivity index (χ1) is 7.99. The summed E-state index contributed by atoms with van der Waals surface area (Å²) in [5, 5.41) is 8.51. The van der Waals surface area contributed by atoms with Crippen molar-refractivity contribution in [1.29, 1.82) is 0 Å². The molecule has 90 valence electrons. The number of hydrogen-bond acceptors (Lipinski definition) is 2. The van der Waals surface area contributed by atoms with Crippen molar-refractivity contribution >= 4 is 17.0 Å². The molecule has 0 radical (unpaired) electrons. The Labute approximate surface area is 93.3 Å². The minimum Gasteiger partial charge on any atom is -0.481 e. The van der Waals surface area contributed by atoms with E-state index < -0.39 is 23.3 Å². The number of nitrogens with zero attached hydrogens (tertiary/aromatic N) is 1. The molecule has 1 heterocycles. The molecule has 0 amide bonds. The number of nitrogens with one attached hydrogen (secondary N) is 1. The van der Waals surface area contributed by atoms with E-state index in [0.29, 0.717) is 0 Å². The summed E-state index contributed by atoms with van der Waals surface area (Å²) in [5.41, 5.74) is -0.305. The third-order valence-corrected chi connectivity index (χ3v) is 2.37. The van der Waals surface area contributed by atoms with Crippen LogP contribution in [-0.2, 0) is 11.3 Å². The highest BCUT2D eigenvalue weighted by Gasteiger charge is 2.12. The monoisotopic (exact) mass is 242 g/mol. The zero-order valence-electron chi connectivity index (χ0n) is 8.54. The van der Waals surface area contributed by atoms with Gasteiger partial charge in [0.1, 0.15) is 0 Å². The van der Waals surface area contributed by atoms with E-state index in [0.717, 1.165) is 16.7 Å². The smallest absolute Gasteiger partial charge is 0.326 e. The number of carbonyl (C=O) groups is 1. The van der Waals surface area contributed by atoms with Crippen molar-refractivity contribution in [2.75, 3.05) is 0 Å². The van der Waals surface area contributed by atoms with Gasteiger partial charge in [0.15, 0.2) is 11.6 Å². The van der Waals surface area contributed by atoms with Crippen LogP contribution in [-0.4, -0.2) is 20.6 Å². The molecule has 0 bridgehead atoms. The zero-order valence-corrected chi connectivity index (χ0v) is 8.54. The van der Waals surface area contributed by atoms with Crippen molar-refractivity contribution in [2.45, 2.75) is 13.0 Å². The van der Waals surface area contributed by atoms with Crippen LogP contribution in [0.15, 0.2) is 16.9 Å². The van der Waals surface area contributed by atoms with Gasteiger partial charge in [-0.25, -0.2) is 13.6 Å². The van der Waals surface area contributed by atoms with Crippen molar-refractivity contribution in [3.63, 3.8) is 0 Å². The molecule has 2 aromatic rings. The molecule has 2 rings (SSSR count). The summed E-state index contributed by atoms with van der Waals surface area (Å²) in [4.78, 5) is 24.2. The SMILES string of the molecule is O=C(O)CCn1c(=O)[nH]c2cc(F)c(F)cc21. The van der Waals surface area contributed by atoms with Gasteiger partial charge in [0, 0.05) is 18.7 Å². The van der Waals surface area contributed by atoms with E-state index in [1.165, 1.54) is 0 Å². The summed E-state index contributed by atoms with van der Waals surface area (Å²) in [7, 11) is 0. The first-order valence-electron chi connectivity index (χ1n) is 4.78. The lowest BCUT2D eigenvalue weighted by Crippen LogP contribution is -2.18. The second-order valence-electron chi connectivity index (χ2n) is 3.51. The maximum Gasteiger partial charge on any atom is 0.326 e. The molecule has 0 unspecified atom stereocenters. The normalized spacial score (nSPS) is 10.9. The quantitative estimate of drug-likeness (QED) is 0.845. The standard InChI is InChI=1S/C10H8F2N2O3/c11-5-3-7-8(4-6(5)12)14(10(17)13-7)2-1-9(15)16/h3-4H,1-2H2,(H,13,17)(H,15,16). The van der Waals surface area contributed by atoms with Crippen LogP contribution in [0.25, 0.3) is 11.0 Å². The molecule has 0 spiro atoms. The molecule has 0 saturated carbocycles. The third-order valence-electron chi connectivity index (χ3n) is 2.37. The molecule has 0 saturated heterocycles. The summed E-state index contributed by atoms with van der Waals surface area (Å²) < 4.78 is 27.0. The third kappa shape index (κ3) is 2.03. The lowest BCUT2D eigenvalue weighted by molar-refractivity contribution is -0.137. The number of aliphatic carboxylic acids is 1. The number of H-pyrrole nitrogens is 1. The number of aromatic amines is 1. The molecular formula is C10H8F2N2O3. The molecule has 0 fully saturated rings. The Morgan fingerprint density at radius 2 is 2.00 bits per heavy atom. The van der Waals surface area contributed by atoms with Crippen LogP contribution in [0.5, 0.6) is 0 Å². The molecule has 2 N–H and O–H groups in total. The van der Waals surface area contributed by atoms with Gasteiger partial charge < -0.3 is 10.1 Å². The Morgan fingerprint density at radius 3 is 2.65 bits per heavy atom. The van der Waals surface area contributed by atoms with E-state index in [2.05, 4.69) is 4.98 Å². The fourth-order valence-corrected chi connectivity index (χ4v) is 1.58. The number of aromatic nitrogens is 2. The van der Waals surface area contributed by atoms with Crippen LogP contribution in [0.1, 0.15) is 6.42 Å². The minimum atomic E-state index is -1.08. The van der Waals surface area contributed by atoms with Gasteiger partial charge in [0.2, 0.25) is 0 Å². The number of halogens is 2. The van der Waals surface area contributed by atoms with Gasteiger partial charge in [-0.15, -0.1) is 0 Å².